The zero-order chi connectivity index (χ0) is 14.6. The van der Waals surface area contributed by atoms with E-state index >= 15 is 0 Å². The molecule has 0 aliphatic carbocycles. The van der Waals surface area contributed by atoms with Gasteiger partial charge in [-0.15, -0.1) is 11.3 Å². The summed E-state index contributed by atoms with van der Waals surface area (Å²) in [5.74, 6) is 0. The van der Waals surface area contributed by atoms with Crippen molar-refractivity contribution in [2.75, 3.05) is 26.2 Å². The number of nitrogens with one attached hydrogen (secondary N) is 1. The van der Waals surface area contributed by atoms with Gasteiger partial charge in [0.15, 0.2) is 0 Å². The van der Waals surface area contributed by atoms with Gasteiger partial charge in [-0.25, -0.2) is 0 Å². The van der Waals surface area contributed by atoms with Crippen LogP contribution < -0.4 is 5.32 Å². The number of hydrogen-bond donors (Lipinski definition) is 1. The summed E-state index contributed by atoms with van der Waals surface area (Å²) in [6.45, 7) is 14.0. The minimum atomic E-state index is 0.395. The molecule has 0 aromatic carbocycles. The van der Waals surface area contributed by atoms with Crippen LogP contribution in [0.1, 0.15) is 57.0 Å². The maximum Gasteiger partial charge on any atom is 0.0331 e. The second-order valence-corrected chi connectivity index (χ2v) is 7.54. The van der Waals surface area contributed by atoms with Crippen molar-refractivity contribution < 1.29 is 0 Å². The minimum Gasteiger partial charge on any atom is -0.316 e. The highest BCUT2D eigenvalue weighted by atomic mass is 32.1. The van der Waals surface area contributed by atoms with Gasteiger partial charge in [0.05, 0.1) is 0 Å². The summed E-state index contributed by atoms with van der Waals surface area (Å²) in [5.41, 5.74) is 1.97. The summed E-state index contributed by atoms with van der Waals surface area (Å²) in [6.07, 6.45) is 3.81. The van der Waals surface area contributed by atoms with Crippen LogP contribution in [0.25, 0.3) is 0 Å². The molecule has 1 N–H and O–H groups in total. The highest BCUT2D eigenvalue weighted by Gasteiger charge is 2.31. The first-order valence-electron chi connectivity index (χ1n) is 8.10. The summed E-state index contributed by atoms with van der Waals surface area (Å²) in [4.78, 5) is 4.31. The number of thiophene rings is 1. The molecule has 0 fully saturated rings. The van der Waals surface area contributed by atoms with Crippen molar-refractivity contribution in [2.24, 2.45) is 5.41 Å². The van der Waals surface area contributed by atoms with E-state index in [9.17, 15) is 0 Å². The summed E-state index contributed by atoms with van der Waals surface area (Å²) < 4.78 is 0. The molecule has 0 spiro atoms. The Labute approximate surface area is 128 Å². The van der Waals surface area contributed by atoms with Gasteiger partial charge in [-0.2, -0.15) is 0 Å². The van der Waals surface area contributed by atoms with Crippen molar-refractivity contribution in [3.8, 4) is 0 Å². The van der Waals surface area contributed by atoms with Crippen molar-refractivity contribution in [1.82, 2.24) is 10.2 Å². The van der Waals surface area contributed by atoms with E-state index < -0.39 is 0 Å². The van der Waals surface area contributed by atoms with Crippen LogP contribution in [0.2, 0.25) is 0 Å². The van der Waals surface area contributed by atoms with Gasteiger partial charge in [0.1, 0.15) is 0 Å². The quantitative estimate of drug-likeness (QED) is 0.815. The van der Waals surface area contributed by atoms with E-state index in [4.69, 9.17) is 0 Å². The Kier molecular flexibility index (Phi) is 5.65. The fraction of sp³-hybridized carbons (Fsp3) is 0.765. The maximum absolute atomic E-state index is 3.57. The predicted molar refractivity (Wildman–Crippen MR) is 89.6 cm³/mol. The lowest BCUT2D eigenvalue weighted by molar-refractivity contribution is 0.110. The molecule has 1 aromatic rings. The molecule has 1 aliphatic heterocycles. The normalized spacial score (nSPS) is 22.5. The van der Waals surface area contributed by atoms with E-state index in [-0.39, 0.29) is 0 Å². The predicted octanol–water partition coefficient (Wildman–Crippen LogP) is 4.08. The molecule has 2 heterocycles. The van der Waals surface area contributed by atoms with Gasteiger partial charge in [0, 0.05) is 30.6 Å². The Balaban J connectivity index is 2.04. The molecule has 1 aromatic heterocycles. The summed E-state index contributed by atoms with van der Waals surface area (Å²) in [7, 11) is 0. The average molecular weight is 295 g/mol. The van der Waals surface area contributed by atoms with Crippen molar-refractivity contribution in [3.63, 3.8) is 0 Å². The molecule has 2 nitrogen and oxygen atoms in total. The Morgan fingerprint density at radius 1 is 1.45 bits per heavy atom. The van der Waals surface area contributed by atoms with Gasteiger partial charge < -0.3 is 5.32 Å². The fourth-order valence-electron chi connectivity index (χ4n) is 3.52. The van der Waals surface area contributed by atoms with Gasteiger partial charge in [0.25, 0.3) is 0 Å². The molecule has 0 saturated carbocycles. The fourth-order valence-corrected chi connectivity index (χ4v) is 4.48. The first-order valence-corrected chi connectivity index (χ1v) is 8.98. The highest BCUT2D eigenvalue weighted by molar-refractivity contribution is 7.10. The Bertz CT molecular complexity index is 415. The second-order valence-electron chi connectivity index (χ2n) is 6.54. The van der Waals surface area contributed by atoms with Crippen LogP contribution in [-0.2, 0) is 6.42 Å². The largest absolute Gasteiger partial charge is 0.316 e. The number of nitrogens with zero attached hydrogens (tertiary/aromatic N) is 1. The molecular formula is C17H30N2S. The van der Waals surface area contributed by atoms with E-state index in [1.165, 1.54) is 32.4 Å². The molecular weight excluding hydrogens is 264 g/mol. The smallest absolute Gasteiger partial charge is 0.0331 e. The number of fused-ring (bicyclic) bond motifs is 1. The molecule has 114 valence electrons. The van der Waals surface area contributed by atoms with Crippen molar-refractivity contribution in [2.45, 2.75) is 53.0 Å². The lowest BCUT2D eigenvalue weighted by Crippen LogP contribution is -2.45. The summed E-state index contributed by atoms with van der Waals surface area (Å²) >= 11 is 1.93. The van der Waals surface area contributed by atoms with E-state index in [1.54, 1.807) is 10.4 Å². The zero-order valence-corrected chi connectivity index (χ0v) is 14.4. The van der Waals surface area contributed by atoms with Gasteiger partial charge >= 0.3 is 0 Å². The lowest BCUT2D eigenvalue weighted by atomic mass is 9.83. The third kappa shape index (κ3) is 3.63. The molecule has 3 heteroatoms. The molecule has 1 aliphatic rings. The summed E-state index contributed by atoms with van der Waals surface area (Å²) in [6, 6.07) is 2.92. The first kappa shape index (κ1) is 16.0. The van der Waals surface area contributed by atoms with Crippen LogP contribution >= 0.6 is 11.3 Å². The highest BCUT2D eigenvalue weighted by Crippen LogP contribution is 2.35. The van der Waals surface area contributed by atoms with Crippen LogP contribution in [0.5, 0.6) is 0 Å². The Hall–Kier alpha value is -0.380. The van der Waals surface area contributed by atoms with Crippen molar-refractivity contribution in [1.29, 1.82) is 0 Å². The van der Waals surface area contributed by atoms with Gasteiger partial charge in [0.2, 0.25) is 0 Å². The zero-order valence-electron chi connectivity index (χ0n) is 13.5. The third-order valence-electron chi connectivity index (χ3n) is 4.64. The topological polar surface area (TPSA) is 15.3 Å². The van der Waals surface area contributed by atoms with E-state index in [1.807, 2.05) is 11.3 Å². The first-order chi connectivity index (χ1) is 9.59. The average Bonchev–Trinajstić information content (AvgIpc) is 2.89. The standard InChI is InChI=1S/C17H30N2S/c1-5-9-17(4,12-18-6-2)13-19-10-7-16-15(14(19)3)8-11-20-16/h8,11,14,18H,5-7,9-10,12-13H2,1-4H3. The lowest BCUT2D eigenvalue weighted by Gasteiger charge is -2.41. The number of hydrogen-bond acceptors (Lipinski definition) is 3. The summed E-state index contributed by atoms with van der Waals surface area (Å²) in [5, 5.41) is 5.83. The van der Waals surface area contributed by atoms with Crippen molar-refractivity contribution >= 4 is 11.3 Å². The Morgan fingerprint density at radius 3 is 2.95 bits per heavy atom. The monoisotopic (exact) mass is 294 g/mol. The molecule has 0 radical (unpaired) electrons. The van der Waals surface area contributed by atoms with Crippen LogP contribution in [0.15, 0.2) is 11.4 Å². The molecule has 0 bridgehead atoms. The molecule has 0 saturated heterocycles. The molecule has 20 heavy (non-hydrogen) atoms. The Morgan fingerprint density at radius 2 is 2.25 bits per heavy atom. The molecule has 0 amide bonds. The van der Waals surface area contributed by atoms with Gasteiger partial charge in [-0.1, -0.05) is 27.2 Å². The van der Waals surface area contributed by atoms with Crippen LogP contribution in [0, 0.1) is 5.41 Å². The van der Waals surface area contributed by atoms with E-state index in [0.29, 0.717) is 11.5 Å². The molecule has 2 rings (SSSR count). The number of rotatable bonds is 7. The van der Waals surface area contributed by atoms with E-state index in [0.717, 1.165) is 13.1 Å². The SMILES string of the molecule is CCCC(C)(CNCC)CN1CCc2sccc2C1C. The van der Waals surface area contributed by atoms with Crippen LogP contribution in [0.3, 0.4) is 0 Å². The molecule has 2 unspecified atom stereocenters. The van der Waals surface area contributed by atoms with Crippen LogP contribution in [0.4, 0.5) is 0 Å². The molecule has 2 atom stereocenters. The maximum atomic E-state index is 3.57. The van der Waals surface area contributed by atoms with Gasteiger partial charge in [-0.05, 0) is 48.7 Å². The second kappa shape index (κ2) is 7.06. The van der Waals surface area contributed by atoms with Gasteiger partial charge in [-0.3, -0.25) is 4.90 Å². The minimum absolute atomic E-state index is 0.395. The van der Waals surface area contributed by atoms with Crippen molar-refractivity contribution in [3.05, 3.63) is 21.9 Å². The van der Waals surface area contributed by atoms with Crippen LogP contribution in [-0.4, -0.2) is 31.1 Å². The van der Waals surface area contributed by atoms with E-state index in [2.05, 4.69) is 49.4 Å². The third-order valence-corrected chi connectivity index (χ3v) is 5.64.